The number of nitrogens with zero attached hydrogens (tertiary/aromatic N) is 3. The highest BCUT2D eigenvalue weighted by Crippen LogP contribution is 2.29. The number of rotatable bonds is 2. The van der Waals surface area contributed by atoms with Crippen molar-refractivity contribution in [1.82, 2.24) is 14.6 Å². The van der Waals surface area contributed by atoms with Crippen molar-refractivity contribution in [2.75, 3.05) is 0 Å². The largest absolute Gasteiger partial charge is 0.298 e. The zero-order valence-electron chi connectivity index (χ0n) is 8.50. The van der Waals surface area contributed by atoms with Gasteiger partial charge in [-0.15, -0.1) is 16.4 Å². The molecule has 0 amide bonds. The van der Waals surface area contributed by atoms with Gasteiger partial charge in [-0.05, 0) is 40.2 Å². The molecule has 4 nitrogen and oxygen atoms in total. The van der Waals surface area contributed by atoms with Gasteiger partial charge >= 0.3 is 0 Å². The average Bonchev–Trinajstić information content (AvgIpc) is 2.93. The number of carbonyl (C=O) groups is 1. The molecule has 0 aliphatic rings. The van der Waals surface area contributed by atoms with Crippen molar-refractivity contribution < 1.29 is 4.79 Å². The van der Waals surface area contributed by atoms with Gasteiger partial charge in [-0.2, -0.15) is 0 Å². The summed E-state index contributed by atoms with van der Waals surface area (Å²) in [4.78, 5) is 16.1. The van der Waals surface area contributed by atoms with Crippen LogP contribution in [0.15, 0.2) is 34.2 Å². The van der Waals surface area contributed by atoms with Crippen LogP contribution in [0.2, 0.25) is 0 Å². The van der Waals surface area contributed by atoms with Crippen LogP contribution in [0, 0.1) is 0 Å². The van der Waals surface area contributed by atoms with Gasteiger partial charge in [0, 0.05) is 11.8 Å². The summed E-state index contributed by atoms with van der Waals surface area (Å²) < 4.78 is 2.66. The molecule has 0 radical (unpaired) electrons. The highest BCUT2D eigenvalue weighted by atomic mass is 79.9. The molecule has 0 bridgehead atoms. The molecular formula is C11H6BrN3OS. The van der Waals surface area contributed by atoms with Crippen molar-refractivity contribution in [2.24, 2.45) is 0 Å². The van der Waals surface area contributed by atoms with Gasteiger partial charge in [0.05, 0.1) is 8.66 Å². The molecule has 0 unspecified atom stereocenters. The van der Waals surface area contributed by atoms with E-state index in [1.54, 1.807) is 34.2 Å². The van der Waals surface area contributed by atoms with Crippen molar-refractivity contribution in [2.45, 2.75) is 0 Å². The van der Waals surface area contributed by atoms with E-state index >= 15 is 0 Å². The molecule has 17 heavy (non-hydrogen) atoms. The zero-order chi connectivity index (χ0) is 11.8. The van der Waals surface area contributed by atoms with Crippen LogP contribution in [0.4, 0.5) is 0 Å². The molecule has 3 heterocycles. The van der Waals surface area contributed by atoms with E-state index in [0.29, 0.717) is 11.4 Å². The maximum Gasteiger partial charge on any atom is 0.192 e. The molecular weight excluding hydrogens is 302 g/mol. The Labute approximate surface area is 109 Å². The Bertz CT molecular complexity index is 704. The lowest BCUT2D eigenvalue weighted by Gasteiger charge is -1.90. The Kier molecular flexibility index (Phi) is 2.53. The summed E-state index contributed by atoms with van der Waals surface area (Å²) in [6, 6.07) is 7.43. The molecule has 3 rings (SSSR count). The van der Waals surface area contributed by atoms with Gasteiger partial charge in [0.25, 0.3) is 0 Å². The first-order chi connectivity index (χ1) is 8.26. The van der Waals surface area contributed by atoms with Crippen LogP contribution in [-0.4, -0.2) is 20.9 Å². The maximum absolute atomic E-state index is 10.7. The number of fused-ring (bicyclic) bond motifs is 1. The number of thiophene rings is 1. The van der Waals surface area contributed by atoms with Crippen LogP contribution in [0.1, 0.15) is 10.4 Å². The van der Waals surface area contributed by atoms with Crippen LogP contribution >= 0.6 is 27.3 Å². The van der Waals surface area contributed by atoms with E-state index in [-0.39, 0.29) is 0 Å². The Morgan fingerprint density at radius 1 is 1.29 bits per heavy atom. The molecule has 0 aliphatic carbocycles. The number of halogens is 1. The number of pyridine rings is 1. The van der Waals surface area contributed by atoms with Gasteiger partial charge in [0.2, 0.25) is 0 Å². The Morgan fingerprint density at radius 2 is 2.18 bits per heavy atom. The lowest BCUT2D eigenvalue weighted by Crippen LogP contribution is -1.89. The lowest BCUT2D eigenvalue weighted by molar-refractivity contribution is 0.112. The van der Waals surface area contributed by atoms with Gasteiger partial charge in [-0.25, -0.2) is 9.50 Å². The zero-order valence-corrected chi connectivity index (χ0v) is 10.9. The van der Waals surface area contributed by atoms with Gasteiger partial charge in [0.15, 0.2) is 17.8 Å². The van der Waals surface area contributed by atoms with Crippen LogP contribution in [-0.2, 0) is 0 Å². The topological polar surface area (TPSA) is 47.3 Å². The SMILES string of the molecule is O=Cc1ccc2nc(-c3ccc(Br)s3)nn2c1. The molecule has 6 heteroatoms. The second-order valence-corrected chi connectivity index (χ2v) is 5.89. The van der Waals surface area contributed by atoms with E-state index in [1.807, 2.05) is 12.1 Å². The summed E-state index contributed by atoms with van der Waals surface area (Å²) in [5, 5.41) is 4.34. The maximum atomic E-state index is 10.7. The van der Waals surface area contributed by atoms with Crippen LogP contribution in [0.5, 0.6) is 0 Å². The lowest BCUT2D eigenvalue weighted by atomic mass is 10.3. The second-order valence-electron chi connectivity index (χ2n) is 3.42. The summed E-state index contributed by atoms with van der Waals surface area (Å²) in [7, 11) is 0. The van der Waals surface area contributed by atoms with E-state index in [0.717, 1.165) is 20.6 Å². The van der Waals surface area contributed by atoms with Crippen LogP contribution in [0.25, 0.3) is 16.3 Å². The fraction of sp³-hybridized carbons (Fsp3) is 0. The first-order valence-electron chi connectivity index (χ1n) is 4.83. The van der Waals surface area contributed by atoms with Crippen molar-refractivity contribution in [3.63, 3.8) is 0 Å². The standard InChI is InChI=1S/C11H6BrN3OS/c12-9-3-2-8(17-9)11-13-10-4-1-7(6-16)5-15(10)14-11/h1-6H. The monoisotopic (exact) mass is 307 g/mol. The van der Waals surface area contributed by atoms with Gasteiger partial charge < -0.3 is 0 Å². The van der Waals surface area contributed by atoms with E-state index in [4.69, 9.17) is 0 Å². The molecule has 0 fully saturated rings. The molecule has 0 aromatic carbocycles. The first-order valence-corrected chi connectivity index (χ1v) is 6.44. The van der Waals surface area contributed by atoms with Crippen molar-refractivity contribution >= 4 is 39.2 Å². The van der Waals surface area contributed by atoms with E-state index in [9.17, 15) is 4.79 Å². The third kappa shape index (κ3) is 1.89. The summed E-state index contributed by atoms with van der Waals surface area (Å²) in [6.45, 7) is 0. The molecule has 0 atom stereocenters. The molecule has 3 aromatic heterocycles. The summed E-state index contributed by atoms with van der Waals surface area (Å²) >= 11 is 4.98. The molecule has 3 aromatic rings. The fourth-order valence-electron chi connectivity index (χ4n) is 1.51. The predicted octanol–water partition coefficient (Wildman–Crippen LogP) is 3.03. The van der Waals surface area contributed by atoms with Crippen molar-refractivity contribution in [3.05, 3.63) is 39.8 Å². The average molecular weight is 308 g/mol. The third-order valence-corrected chi connectivity index (χ3v) is 3.90. The van der Waals surface area contributed by atoms with Gasteiger partial charge in [-0.1, -0.05) is 0 Å². The number of aromatic nitrogens is 3. The predicted molar refractivity (Wildman–Crippen MR) is 69.4 cm³/mol. The van der Waals surface area contributed by atoms with Crippen molar-refractivity contribution in [1.29, 1.82) is 0 Å². The van der Waals surface area contributed by atoms with E-state index in [2.05, 4.69) is 26.0 Å². The number of aldehydes is 1. The summed E-state index contributed by atoms with van der Waals surface area (Å²) in [5.74, 6) is 0.670. The summed E-state index contributed by atoms with van der Waals surface area (Å²) in [5.41, 5.74) is 1.32. The number of carbonyl (C=O) groups excluding carboxylic acids is 1. The Hall–Kier alpha value is -1.53. The highest BCUT2D eigenvalue weighted by Gasteiger charge is 2.08. The minimum Gasteiger partial charge on any atom is -0.298 e. The van der Waals surface area contributed by atoms with Crippen LogP contribution in [0.3, 0.4) is 0 Å². The van der Waals surface area contributed by atoms with Gasteiger partial charge in [0.1, 0.15) is 0 Å². The van der Waals surface area contributed by atoms with Gasteiger partial charge in [-0.3, -0.25) is 4.79 Å². The molecule has 0 saturated carbocycles. The molecule has 0 saturated heterocycles. The van der Waals surface area contributed by atoms with E-state index < -0.39 is 0 Å². The molecule has 0 N–H and O–H groups in total. The number of hydrogen-bond acceptors (Lipinski definition) is 4. The Balaban J connectivity index is 2.16. The third-order valence-electron chi connectivity index (χ3n) is 2.28. The normalized spacial score (nSPS) is 10.9. The number of hydrogen-bond donors (Lipinski definition) is 0. The molecule has 0 spiro atoms. The minimum absolute atomic E-state index is 0.585. The quantitative estimate of drug-likeness (QED) is 0.684. The molecule has 0 aliphatic heterocycles. The smallest absolute Gasteiger partial charge is 0.192 e. The van der Waals surface area contributed by atoms with E-state index in [1.165, 1.54) is 0 Å². The Morgan fingerprint density at radius 3 is 2.88 bits per heavy atom. The second kappa shape index (κ2) is 4.05. The first kappa shape index (κ1) is 10.6. The highest BCUT2D eigenvalue weighted by molar-refractivity contribution is 9.11. The fourth-order valence-corrected chi connectivity index (χ4v) is 2.82. The van der Waals surface area contributed by atoms with Crippen molar-refractivity contribution in [3.8, 4) is 10.7 Å². The molecule has 84 valence electrons. The minimum atomic E-state index is 0.585. The van der Waals surface area contributed by atoms with Crippen LogP contribution < -0.4 is 0 Å². The summed E-state index contributed by atoms with van der Waals surface area (Å²) in [6.07, 6.45) is 2.46.